The first-order valence-corrected chi connectivity index (χ1v) is 6.38. The molecule has 1 N–H and O–H groups in total. The van der Waals surface area contributed by atoms with E-state index >= 15 is 0 Å². The molecule has 0 bridgehead atoms. The summed E-state index contributed by atoms with van der Waals surface area (Å²) in [6, 6.07) is 6.31. The van der Waals surface area contributed by atoms with Crippen LogP contribution in [0.4, 0.5) is 4.39 Å². The summed E-state index contributed by atoms with van der Waals surface area (Å²) in [7, 11) is 1.87. The fourth-order valence-electron chi connectivity index (χ4n) is 1.89. The van der Waals surface area contributed by atoms with Crippen molar-refractivity contribution in [3.63, 3.8) is 0 Å². The van der Waals surface area contributed by atoms with Crippen molar-refractivity contribution in [2.45, 2.75) is 19.9 Å². The molecule has 0 unspecified atom stereocenters. The van der Waals surface area contributed by atoms with Crippen molar-refractivity contribution in [1.82, 2.24) is 15.3 Å². The standard InChI is InChI=1S/C14H15ClFN3/c1-9-5-12(8-17-2)19-14(18-9)6-10-3-4-11(16)7-13(10)15/h3-5,7,17H,6,8H2,1-2H3. The first kappa shape index (κ1) is 13.9. The Morgan fingerprint density at radius 3 is 2.74 bits per heavy atom. The molecule has 19 heavy (non-hydrogen) atoms. The lowest BCUT2D eigenvalue weighted by atomic mass is 10.1. The predicted molar refractivity (Wildman–Crippen MR) is 73.7 cm³/mol. The van der Waals surface area contributed by atoms with E-state index in [9.17, 15) is 4.39 Å². The molecule has 5 heteroatoms. The third-order valence-corrected chi connectivity index (χ3v) is 3.03. The molecule has 0 spiro atoms. The van der Waals surface area contributed by atoms with Gasteiger partial charge in [0.1, 0.15) is 11.6 Å². The van der Waals surface area contributed by atoms with Gasteiger partial charge in [0.15, 0.2) is 0 Å². The zero-order chi connectivity index (χ0) is 13.8. The molecule has 0 aliphatic heterocycles. The third kappa shape index (κ3) is 3.72. The first-order valence-electron chi connectivity index (χ1n) is 6.00. The lowest BCUT2D eigenvalue weighted by Gasteiger charge is -2.07. The highest BCUT2D eigenvalue weighted by Crippen LogP contribution is 2.19. The quantitative estimate of drug-likeness (QED) is 0.935. The second-order valence-corrected chi connectivity index (χ2v) is 4.77. The molecule has 0 saturated heterocycles. The van der Waals surface area contributed by atoms with Gasteiger partial charge in [-0.3, -0.25) is 0 Å². The molecule has 3 nitrogen and oxygen atoms in total. The van der Waals surface area contributed by atoms with Crippen LogP contribution in [0.25, 0.3) is 0 Å². The van der Waals surface area contributed by atoms with Crippen molar-refractivity contribution in [1.29, 1.82) is 0 Å². The Bertz CT molecular complexity index is 587. The van der Waals surface area contributed by atoms with E-state index in [-0.39, 0.29) is 5.82 Å². The Balaban J connectivity index is 2.27. The van der Waals surface area contributed by atoms with Gasteiger partial charge in [0, 0.05) is 23.7 Å². The molecule has 100 valence electrons. The number of aryl methyl sites for hydroxylation is 1. The summed E-state index contributed by atoms with van der Waals surface area (Å²) in [6.45, 7) is 2.62. The molecule has 0 fully saturated rings. The second-order valence-electron chi connectivity index (χ2n) is 4.36. The van der Waals surface area contributed by atoms with Gasteiger partial charge in [0.2, 0.25) is 0 Å². The van der Waals surface area contributed by atoms with E-state index in [1.807, 2.05) is 20.0 Å². The van der Waals surface area contributed by atoms with Crippen LogP contribution in [0, 0.1) is 12.7 Å². The van der Waals surface area contributed by atoms with E-state index < -0.39 is 0 Å². The Labute approximate surface area is 116 Å². The Morgan fingerprint density at radius 1 is 1.26 bits per heavy atom. The number of nitrogens with zero attached hydrogens (tertiary/aromatic N) is 2. The van der Waals surface area contributed by atoms with Gasteiger partial charge in [0.25, 0.3) is 0 Å². The van der Waals surface area contributed by atoms with Crippen LogP contribution in [-0.2, 0) is 13.0 Å². The number of hydrogen-bond donors (Lipinski definition) is 1. The first-order chi connectivity index (χ1) is 9.08. The highest BCUT2D eigenvalue weighted by Gasteiger charge is 2.07. The van der Waals surface area contributed by atoms with E-state index in [0.29, 0.717) is 23.8 Å². The molecule has 0 amide bonds. The molecule has 1 aromatic carbocycles. The zero-order valence-electron chi connectivity index (χ0n) is 10.9. The monoisotopic (exact) mass is 279 g/mol. The van der Waals surface area contributed by atoms with Crippen LogP contribution in [0.5, 0.6) is 0 Å². The summed E-state index contributed by atoms with van der Waals surface area (Å²) >= 11 is 6.01. The van der Waals surface area contributed by atoms with Crippen LogP contribution in [0.15, 0.2) is 24.3 Å². The van der Waals surface area contributed by atoms with E-state index in [0.717, 1.165) is 17.0 Å². The normalized spacial score (nSPS) is 10.7. The summed E-state index contributed by atoms with van der Waals surface area (Å²) in [6.07, 6.45) is 0.498. The smallest absolute Gasteiger partial charge is 0.133 e. The van der Waals surface area contributed by atoms with Crippen LogP contribution in [0.3, 0.4) is 0 Å². The average Bonchev–Trinajstić information content (AvgIpc) is 2.32. The van der Waals surface area contributed by atoms with Gasteiger partial charge in [-0.15, -0.1) is 0 Å². The van der Waals surface area contributed by atoms with Crippen molar-refractivity contribution < 1.29 is 4.39 Å². The summed E-state index contributed by atoms with van der Waals surface area (Å²) < 4.78 is 13.0. The van der Waals surface area contributed by atoms with Crippen molar-refractivity contribution in [3.05, 3.63) is 57.9 Å². The molecule has 0 radical (unpaired) electrons. The van der Waals surface area contributed by atoms with Gasteiger partial charge in [-0.05, 0) is 37.7 Å². The minimum absolute atomic E-state index is 0.338. The summed E-state index contributed by atoms with van der Waals surface area (Å²) in [5, 5.41) is 3.46. The molecule has 2 rings (SSSR count). The summed E-state index contributed by atoms with van der Waals surface area (Å²) in [5.74, 6) is 0.355. The molecule has 2 aromatic rings. The SMILES string of the molecule is CNCc1cc(C)nc(Cc2ccc(F)cc2Cl)n1. The third-order valence-electron chi connectivity index (χ3n) is 2.68. The van der Waals surface area contributed by atoms with Crippen LogP contribution in [-0.4, -0.2) is 17.0 Å². The highest BCUT2D eigenvalue weighted by atomic mass is 35.5. The fraction of sp³-hybridized carbons (Fsp3) is 0.286. The fourth-order valence-corrected chi connectivity index (χ4v) is 2.12. The molecule has 0 aliphatic rings. The molecule has 0 saturated carbocycles. The largest absolute Gasteiger partial charge is 0.314 e. The van der Waals surface area contributed by atoms with Crippen molar-refractivity contribution in [2.24, 2.45) is 0 Å². The number of aromatic nitrogens is 2. The summed E-state index contributed by atoms with van der Waals surface area (Å²) in [5.41, 5.74) is 2.67. The molecular weight excluding hydrogens is 265 g/mol. The molecule has 1 aromatic heterocycles. The van der Waals surface area contributed by atoms with Gasteiger partial charge < -0.3 is 5.32 Å². The number of rotatable bonds is 4. The maximum Gasteiger partial charge on any atom is 0.133 e. The van der Waals surface area contributed by atoms with Crippen LogP contribution in [0.1, 0.15) is 22.8 Å². The minimum Gasteiger partial charge on any atom is -0.314 e. The van der Waals surface area contributed by atoms with E-state index in [1.165, 1.54) is 12.1 Å². The van der Waals surface area contributed by atoms with Gasteiger partial charge in [-0.2, -0.15) is 0 Å². The van der Waals surface area contributed by atoms with Crippen LogP contribution >= 0.6 is 11.6 Å². The number of hydrogen-bond acceptors (Lipinski definition) is 3. The van der Waals surface area contributed by atoms with Crippen LogP contribution < -0.4 is 5.32 Å². The Hall–Kier alpha value is -1.52. The molecule has 0 atom stereocenters. The van der Waals surface area contributed by atoms with Crippen LogP contribution in [0.2, 0.25) is 5.02 Å². The van der Waals surface area contributed by atoms with Crippen molar-refractivity contribution in [3.8, 4) is 0 Å². The number of halogens is 2. The molecular formula is C14H15ClFN3. The van der Waals surface area contributed by atoms with E-state index in [2.05, 4.69) is 15.3 Å². The Morgan fingerprint density at radius 2 is 2.05 bits per heavy atom. The van der Waals surface area contributed by atoms with Crippen molar-refractivity contribution >= 4 is 11.6 Å². The van der Waals surface area contributed by atoms with E-state index in [4.69, 9.17) is 11.6 Å². The number of benzene rings is 1. The lowest BCUT2D eigenvalue weighted by molar-refractivity contribution is 0.627. The maximum atomic E-state index is 13.0. The van der Waals surface area contributed by atoms with Gasteiger partial charge in [-0.25, -0.2) is 14.4 Å². The van der Waals surface area contributed by atoms with Gasteiger partial charge in [0.05, 0.1) is 5.69 Å². The van der Waals surface area contributed by atoms with Gasteiger partial charge >= 0.3 is 0 Å². The van der Waals surface area contributed by atoms with Gasteiger partial charge in [-0.1, -0.05) is 17.7 Å². The lowest BCUT2D eigenvalue weighted by Crippen LogP contribution is -2.10. The predicted octanol–water partition coefficient (Wildman–Crippen LogP) is 2.89. The maximum absolute atomic E-state index is 13.0. The average molecular weight is 280 g/mol. The highest BCUT2D eigenvalue weighted by molar-refractivity contribution is 6.31. The minimum atomic E-state index is -0.338. The Kier molecular flexibility index (Phi) is 4.45. The van der Waals surface area contributed by atoms with Crippen molar-refractivity contribution in [2.75, 3.05) is 7.05 Å². The molecule has 1 heterocycles. The summed E-state index contributed by atoms with van der Waals surface area (Å²) in [4.78, 5) is 8.84. The topological polar surface area (TPSA) is 37.8 Å². The second kappa shape index (κ2) is 6.08. The zero-order valence-corrected chi connectivity index (χ0v) is 11.6. The number of nitrogens with one attached hydrogen (secondary N) is 1. The molecule has 0 aliphatic carbocycles. The van der Waals surface area contributed by atoms with E-state index in [1.54, 1.807) is 6.07 Å².